The second kappa shape index (κ2) is 8.24. The fourth-order valence-electron chi connectivity index (χ4n) is 1.95. The first-order valence-corrected chi connectivity index (χ1v) is 6.83. The Kier molecular flexibility index (Phi) is 5.99. The fraction of sp³-hybridized carbons (Fsp3) is 0.312. The molecule has 2 aromatic rings. The van der Waals surface area contributed by atoms with Crippen molar-refractivity contribution in [1.82, 2.24) is 10.3 Å². The van der Waals surface area contributed by atoms with Gasteiger partial charge in [-0.15, -0.1) is 0 Å². The summed E-state index contributed by atoms with van der Waals surface area (Å²) >= 11 is 0. The zero-order chi connectivity index (χ0) is 14.9. The average molecular weight is 288 g/mol. The van der Waals surface area contributed by atoms with Gasteiger partial charge in [0.15, 0.2) is 11.5 Å². The first kappa shape index (κ1) is 15.3. The molecule has 1 aromatic heterocycles. The summed E-state index contributed by atoms with van der Waals surface area (Å²) in [6, 6.07) is 9.75. The molecule has 0 aliphatic rings. The molecule has 0 radical (unpaired) electrons. The number of aliphatic hydroxyl groups is 1. The van der Waals surface area contributed by atoms with Gasteiger partial charge in [0.05, 0.1) is 13.7 Å². The summed E-state index contributed by atoms with van der Waals surface area (Å²) in [5, 5.41) is 12.2. The summed E-state index contributed by atoms with van der Waals surface area (Å²) in [4.78, 5) is 3.99. The lowest BCUT2D eigenvalue weighted by molar-refractivity contribution is 0.196. The molecule has 5 nitrogen and oxygen atoms in total. The zero-order valence-electron chi connectivity index (χ0n) is 12.1. The van der Waals surface area contributed by atoms with E-state index < -0.39 is 0 Å². The number of aliphatic hydroxyl groups excluding tert-OH is 1. The molecule has 0 aliphatic carbocycles. The van der Waals surface area contributed by atoms with Gasteiger partial charge in [0.2, 0.25) is 0 Å². The van der Waals surface area contributed by atoms with Crippen molar-refractivity contribution in [2.75, 3.05) is 20.3 Å². The molecule has 0 amide bonds. The van der Waals surface area contributed by atoms with Crippen LogP contribution in [0.15, 0.2) is 42.7 Å². The highest BCUT2D eigenvalue weighted by molar-refractivity contribution is 5.42. The highest BCUT2D eigenvalue weighted by Crippen LogP contribution is 2.27. The number of methoxy groups -OCH3 is 1. The van der Waals surface area contributed by atoms with Crippen LogP contribution in [0.2, 0.25) is 0 Å². The molecule has 0 spiro atoms. The topological polar surface area (TPSA) is 63.6 Å². The monoisotopic (exact) mass is 288 g/mol. The number of rotatable bonds is 8. The Morgan fingerprint density at radius 2 is 1.81 bits per heavy atom. The molecule has 0 bridgehead atoms. The van der Waals surface area contributed by atoms with Gasteiger partial charge in [0.25, 0.3) is 0 Å². The number of pyridine rings is 1. The Labute approximate surface area is 124 Å². The normalized spacial score (nSPS) is 10.4. The summed E-state index contributed by atoms with van der Waals surface area (Å²) < 4.78 is 10.7. The molecule has 5 heteroatoms. The lowest BCUT2D eigenvalue weighted by Gasteiger charge is -2.12. The van der Waals surface area contributed by atoms with Gasteiger partial charge in [0, 0.05) is 25.5 Å². The van der Waals surface area contributed by atoms with Gasteiger partial charge in [-0.25, -0.2) is 0 Å². The van der Waals surface area contributed by atoms with E-state index in [4.69, 9.17) is 14.6 Å². The van der Waals surface area contributed by atoms with Crippen LogP contribution in [0.4, 0.5) is 0 Å². The maximum Gasteiger partial charge on any atom is 0.161 e. The molecule has 1 aromatic carbocycles. The SMILES string of the molecule is COc1cc(CNCc2ccncc2)ccc1OCCO. The Balaban J connectivity index is 1.91. The molecule has 2 N–H and O–H groups in total. The zero-order valence-corrected chi connectivity index (χ0v) is 12.1. The van der Waals surface area contributed by atoms with Crippen molar-refractivity contribution in [2.24, 2.45) is 0 Å². The average Bonchev–Trinajstić information content (AvgIpc) is 2.54. The van der Waals surface area contributed by atoms with Crippen LogP contribution >= 0.6 is 0 Å². The first-order chi connectivity index (χ1) is 10.3. The smallest absolute Gasteiger partial charge is 0.161 e. The van der Waals surface area contributed by atoms with Gasteiger partial charge in [0.1, 0.15) is 6.61 Å². The summed E-state index contributed by atoms with van der Waals surface area (Å²) in [5.74, 6) is 1.32. The van der Waals surface area contributed by atoms with Crippen LogP contribution < -0.4 is 14.8 Å². The van der Waals surface area contributed by atoms with Crippen molar-refractivity contribution in [3.8, 4) is 11.5 Å². The van der Waals surface area contributed by atoms with Crippen molar-refractivity contribution in [3.05, 3.63) is 53.9 Å². The highest BCUT2D eigenvalue weighted by Gasteiger charge is 2.05. The van der Waals surface area contributed by atoms with Crippen LogP contribution in [-0.4, -0.2) is 30.4 Å². The molecule has 0 saturated carbocycles. The lowest BCUT2D eigenvalue weighted by atomic mass is 10.2. The van der Waals surface area contributed by atoms with E-state index in [0.29, 0.717) is 11.5 Å². The highest BCUT2D eigenvalue weighted by atomic mass is 16.5. The molecule has 21 heavy (non-hydrogen) atoms. The van der Waals surface area contributed by atoms with Gasteiger partial charge in [-0.1, -0.05) is 6.07 Å². The van der Waals surface area contributed by atoms with E-state index in [-0.39, 0.29) is 13.2 Å². The van der Waals surface area contributed by atoms with E-state index in [0.717, 1.165) is 18.7 Å². The van der Waals surface area contributed by atoms with E-state index in [1.807, 2.05) is 30.3 Å². The lowest BCUT2D eigenvalue weighted by Crippen LogP contribution is -2.12. The van der Waals surface area contributed by atoms with E-state index in [1.165, 1.54) is 5.56 Å². The van der Waals surface area contributed by atoms with E-state index in [1.54, 1.807) is 19.5 Å². The largest absolute Gasteiger partial charge is 0.493 e. The minimum absolute atomic E-state index is 0.0155. The number of hydrogen-bond donors (Lipinski definition) is 2. The van der Waals surface area contributed by atoms with Crippen LogP contribution in [0.3, 0.4) is 0 Å². The summed E-state index contributed by atoms with van der Waals surface area (Å²) in [6.07, 6.45) is 3.57. The van der Waals surface area contributed by atoms with Crippen molar-refractivity contribution in [2.45, 2.75) is 13.1 Å². The van der Waals surface area contributed by atoms with Crippen LogP contribution in [0.1, 0.15) is 11.1 Å². The Morgan fingerprint density at radius 1 is 1.05 bits per heavy atom. The number of nitrogens with zero attached hydrogens (tertiary/aromatic N) is 1. The van der Waals surface area contributed by atoms with Crippen LogP contribution in [0.5, 0.6) is 11.5 Å². The predicted octanol–water partition coefficient (Wildman–Crippen LogP) is 1.75. The van der Waals surface area contributed by atoms with E-state index in [2.05, 4.69) is 10.3 Å². The quantitative estimate of drug-likeness (QED) is 0.775. The Bertz CT molecular complexity index is 546. The molecular formula is C16H20N2O3. The van der Waals surface area contributed by atoms with Gasteiger partial charge in [-0.3, -0.25) is 4.98 Å². The van der Waals surface area contributed by atoms with Crippen molar-refractivity contribution < 1.29 is 14.6 Å². The van der Waals surface area contributed by atoms with Crippen LogP contribution in [-0.2, 0) is 13.1 Å². The molecule has 0 unspecified atom stereocenters. The second-order valence-corrected chi connectivity index (χ2v) is 4.52. The maximum atomic E-state index is 8.79. The van der Waals surface area contributed by atoms with Gasteiger partial charge in [-0.2, -0.15) is 0 Å². The number of benzene rings is 1. The number of aromatic nitrogens is 1. The number of nitrogens with one attached hydrogen (secondary N) is 1. The van der Waals surface area contributed by atoms with Crippen LogP contribution in [0.25, 0.3) is 0 Å². The Hall–Kier alpha value is -2.11. The third kappa shape index (κ3) is 4.73. The third-order valence-electron chi connectivity index (χ3n) is 2.98. The first-order valence-electron chi connectivity index (χ1n) is 6.83. The van der Waals surface area contributed by atoms with Crippen LogP contribution in [0, 0.1) is 0 Å². The van der Waals surface area contributed by atoms with Crippen molar-refractivity contribution >= 4 is 0 Å². The second-order valence-electron chi connectivity index (χ2n) is 4.52. The van der Waals surface area contributed by atoms with Crippen molar-refractivity contribution in [1.29, 1.82) is 0 Å². The molecule has 0 aliphatic heterocycles. The van der Waals surface area contributed by atoms with E-state index in [9.17, 15) is 0 Å². The third-order valence-corrected chi connectivity index (χ3v) is 2.98. The molecule has 1 heterocycles. The van der Waals surface area contributed by atoms with Gasteiger partial charge >= 0.3 is 0 Å². The molecular weight excluding hydrogens is 268 g/mol. The standard InChI is InChI=1S/C16H20N2O3/c1-20-16-10-14(2-3-15(16)21-9-8-19)12-18-11-13-4-6-17-7-5-13/h2-7,10,18-19H,8-9,11-12H2,1H3. The molecule has 112 valence electrons. The summed E-state index contributed by atoms with van der Waals surface area (Å²) in [5.41, 5.74) is 2.30. The summed E-state index contributed by atoms with van der Waals surface area (Å²) in [7, 11) is 1.61. The van der Waals surface area contributed by atoms with E-state index >= 15 is 0 Å². The Morgan fingerprint density at radius 3 is 2.52 bits per heavy atom. The minimum atomic E-state index is -0.0155. The maximum absolute atomic E-state index is 8.79. The van der Waals surface area contributed by atoms with Gasteiger partial charge in [-0.05, 0) is 35.4 Å². The fourth-order valence-corrected chi connectivity index (χ4v) is 1.95. The van der Waals surface area contributed by atoms with Gasteiger partial charge < -0.3 is 19.9 Å². The predicted molar refractivity (Wildman–Crippen MR) is 80.4 cm³/mol. The summed E-state index contributed by atoms with van der Waals surface area (Å²) in [6.45, 7) is 1.76. The number of ether oxygens (including phenoxy) is 2. The number of hydrogen-bond acceptors (Lipinski definition) is 5. The van der Waals surface area contributed by atoms with Crippen molar-refractivity contribution in [3.63, 3.8) is 0 Å². The molecule has 0 saturated heterocycles. The molecule has 0 atom stereocenters. The molecule has 0 fully saturated rings. The minimum Gasteiger partial charge on any atom is -0.493 e. The molecule has 2 rings (SSSR count).